The highest BCUT2D eigenvalue weighted by Crippen LogP contribution is 2.08. The van der Waals surface area contributed by atoms with Crippen LogP contribution in [0.15, 0.2) is 12.3 Å². The molecule has 0 radical (unpaired) electrons. The number of hydrogen-bond acceptors (Lipinski definition) is 4. The highest BCUT2D eigenvalue weighted by Gasteiger charge is 2.16. The third-order valence-electron chi connectivity index (χ3n) is 2.49. The van der Waals surface area contributed by atoms with Gasteiger partial charge in [0, 0.05) is 25.9 Å². The van der Waals surface area contributed by atoms with E-state index in [2.05, 4.69) is 20.8 Å². The van der Waals surface area contributed by atoms with Crippen LogP contribution >= 0.6 is 0 Å². The van der Waals surface area contributed by atoms with Gasteiger partial charge in [-0.1, -0.05) is 0 Å². The average molecular weight is 240 g/mol. The number of nitrogens with zero attached hydrogens (tertiary/aromatic N) is 1. The van der Waals surface area contributed by atoms with Gasteiger partial charge in [-0.25, -0.2) is 0 Å². The molecule has 0 spiro atoms. The van der Waals surface area contributed by atoms with Gasteiger partial charge in [-0.2, -0.15) is 5.10 Å². The SMILES string of the molecule is COCCNC(=O)C(C)NC(C)c1ccn[nH]1. The van der Waals surface area contributed by atoms with E-state index in [1.165, 1.54) is 0 Å². The van der Waals surface area contributed by atoms with Crippen molar-refractivity contribution in [1.29, 1.82) is 0 Å². The maximum atomic E-state index is 11.7. The molecule has 0 aliphatic rings. The topological polar surface area (TPSA) is 79.0 Å². The molecule has 1 amide bonds. The van der Waals surface area contributed by atoms with Crippen molar-refractivity contribution in [2.24, 2.45) is 0 Å². The zero-order chi connectivity index (χ0) is 12.7. The van der Waals surface area contributed by atoms with Crippen molar-refractivity contribution >= 4 is 5.91 Å². The Morgan fingerprint density at radius 3 is 2.94 bits per heavy atom. The lowest BCUT2D eigenvalue weighted by atomic mass is 10.2. The number of ether oxygens (including phenoxy) is 1. The fourth-order valence-corrected chi connectivity index (χ4v) is 1.48. The Bertz CT molecular complexity index is 326. The lowest BCUT2D eigenvalue weighted by Gasteiger charge is -2.18. The second kappa shape index (κ2) is 7.03. The number of rotatable bonds is 7. The van der Waals surface area contributed by atoms with E-state index in [0.717, 1.165) is 5.69 Å². The third kappa shape index (κ3) is 4.54. The lowest BCUT2D eigenvalue weighted by molar-refractivity contribution is -0.123. The molecule has 17 heavy (non-hydrogen) atoms. The molecule has 3 N–H and O–H groups in total. The highest BCUT2D eigenvalue weighted by molar-refractivity contribution is 5.81. The number of hydrogen-bond donors (Lipinski definition) is 3. The molecule has 1 rings (SSSR count). The first kappa shape index (κ1) is 13.7. The van der Waals surface area contributed by atoms with E-state index >= 15 is 0 Å². The van der Waals surface area contributed by atoms with Crippen molar-refractivity contribution in [2.45, 2.75) is 25.9 Å². The normalized spacial score (nSPS) is 14.3. The van der Waals surface area contributed by atoms with Crippen LogP contribution in [0.25, 0.3) is 0 Å². The quantitative estimate of drug-likeness (QED) is 0.595. The highest BCUT2D eigenvalue weighted by atomic mass is 16.5. The molecular weight excluding hydrogens is 220 g/mol. The van der Waals surface area contributed by atoms with Crippen LogP contribution in [0.5, 0.6) is 0 Å². The molecule has 0 saturated carbocycles. The van der Waals surface area contributed by atoms with Gasteiger partial charge in [0.25, 0.3) is 0 Å². The minimum Gasteiger partial charge on any atom is -0.383 e. The summed E-state index contributed by atoms with van der Waals surface area (Å²) < 4.78 is 4.86. The van der Waals surface area contributed by atoms with Crippen LogP contribution in [-0.4, -0.2) is 42.4 Å². The summed E-state index contributed by atoms with van der Waals surface area (Å²) in [6.45, 7) is 4.86. The van der Waals surface area contributed by atoms with Gasteiger partial charge in [-0.3, -0.25) is 15.2 Å². The molecule has 1 heterocycles. The Balaban J connectivity index is 2.32. The number of aromatic amines is 1. The molecule has 96 valence electrons. The molecule has 0 aliphatic carbocycles. The first-order valence-corrected chi connectivity index (χ1v) is 5.67. The number of carbonyl (C=O) groups excluding carboxylic acids is 1. The average Bonchev–Trinajstić information content (AvgIpc) is 2.82. The summed E-state index contributed by atoms with van der Waals surface area (Å²) in [4.78, 5) is 11.7. The molecule has 6 nitrogen and oxygen atoms in total. The van der Waals surface area contributed by atoms with Crippen LogP contribution < -0.4 is 10.6 Å². The predicted molar refractivity (Wildman–Crippen MR) is 64.5 cm³/mol. The molecule has 6 heteroatoms. The van der Waals surface area contributed by atoms with Gasteiger partial charge in [0.15, 0.2) is 0 Å². The van der Waals surface area contributed by atoms with E-state index in [1.807, 2.05) is 19.9 Å². The largest absolute Gasteiger partial charge is 0.383 e. The van der Waals surface area contributed by atoms with Crippen molar-refractivity contribution in [3.05, 3.63) is 18.0 Å². The Labute approximate surface area is 101 Å². The summed E-state index contributed by atoms with van der Waals surface area (Å²) in [5.41, 5.74) is 0.960. The smallest absolute Gasteiger partial charge is 0.236 e. The van der Waals surface area contributed by atoms with E-state index < -0.39 is 0 Å². The summed E-state index contributed by atoms with van der Waals surface area (Å²) in [6.07, 6.45) is 1.69. The van der Waals surface area contributed by atoms with E-state index in [1.54, 1.807) is 13.3 Å². The maximum absolute atomic E-state index is 11.7. The number of H-pyrrole nitrogens is 1. The van der Waals surface area contributed by atoms with E-state index in [0.29, 0.717) is 13.2 Å². The summed E-state index contributed by atoms with van der Waals surface area (Å²) in [7, 11) is 1.61. The standard InChI is InChI=1S/C11H20N4O2/c1-8(10-4-5-13-15-10)14-9(2)11(16)12-6-7-17-3/h4-5,8-9,14H,6-7H2,1-3H3,(H,12,16)(H,13,15). The molecule has 2 unspecified atom stereocenters. The van der Waals surface area contributed by atoms with Gasteiger partial charge in [0.05, 0.1) is 18.3 Å². The molecule has 0 aliphatic heterocycles. The van der Waals surface area contributed by atoms with E-state index in [-0.39, 0.29) is 18.0 Å². The lowest BCUT2D eigenvalue weighted by Crippen LogP contribution is -2.44. The van der Waals surface area contributed by atoms with Crippen LogP contribution in [0, 0.1) is 0 Å². The first-order valence-electron chi connectivity index (χ1n) is 5.67. The molecule has 1 aromatic rings. The molecule has 2 atom stereocenters. The minimum atomic E-state index is -0.259. The first-order chi connectivity index (χ1) is 8.15. The molecule has 1 aromatic heterocycles. The summed E-state index contributed by atoms with van der Waals surface area (Å²) in [5, 5.41) is 12.7. The zero-order valence-electron chi connectivity index (χ0n) is 10.5. The fraction of sp³-hybridized carbons (Fsp3) is 0.636. The van der Waals surface area contributed by atoms with Gasteiger partial charge in [0.1, 0.15) is 0 Å². The van der Waals surface area contributed by atoms with Gasteiger partial charge in [0.2, 0.25) is 5.91 Å². The van der Waals surface area contributed by atoms with Crippen molar-refractivity contribution < 1.29 is 9.53 Å². The van der Waals surface area contributed by atoms with Crippen molar-refractivity contribution in [3.63, 3.8) is 0 Å². The van der Waals surface area contributed by atoms with Crippen LogP contribution in [0.3, 0.4) is 0 Å². The van der Waals surface area contributed by atoms with Gasteiger partial charge in [-0.15, -0.1) is 0 Å². The summed E-state index contributed by atoms with van der Waals surface area (Å²) in [6, 6.07) is 1.68. The minimum absolute atomic E-state index is 0.0339. The van der Waals surface area contributed by atoms with Crippen LogP contribution in [-0.2, 0) is 9.53 Å². The maximum Gasteiger partial charge on any atom is 0.236 e. The van der Waals surface area contributed by atoms with Crippen molar-refractivity contribution in [1.82, 2.24) is 20.8 Å². The van der Waals surface area contributed by atoms with E-state index in [9.17, 15) is 4.79 Å². The number of methoxy groups -OCH3 is 1. The number of carbonyl (C=O) groups is 1. The van der Waals surface area contributed by atoms with Crippen molar-refractivity contribution in [2.75, 3.05) is 20.3 Å². The Morgan fingerprint density at radius 1 is 1.59 bits per heavy atom. The van der Waals surface area contributed by atoms with Crippen molar-refractivity contribution in [3.8, 4) is 0 Å². The Kier molecular flexibility index (Phi) is 5.65. The van der Waals surface area contributed by atoms with Gasteiger partial charge < -0.3 is 10.1 Å². The number of aromatic nitrogens is 2. The van der Waals surface area contributed by atoms with Crippen LogP contribution in [0.4, 0.5) is 0 Å². The molecule has 0 fully saturated rings. The number of nitrogens with one attached hydrogen (secondary N) is 3. The fourth-order valence-electron chi connectivity index (χ4n) is 1.48. The number of amides is 1. The zero-order valence-corrected chi connectivity index (χ0v) is 10.5. The second-order valence-corrected chi connectivity index (χ2v) is 3.91. The molecule has 0 aromatic carbocycles. The molecule has 0 saturated heterocycles. The van der Waals surface area contributed by atoms with Crippen LogP contribution in [0.2, 0.25) is 0 Å². The van der Waals surface area contributed by atoms with E-state index in [4.69, 9.17) is 4.74 Å². The monoisotopic (exact) mass is 240 g/mol. The summed E-state index contributed by atoms with van der Waals surface area (Å²) in [5.74, 6) is -0.0339. The Hall–Kier alpha value is -1.40. The second-order valence-electron chi connectivity index (χ2n) is 3.91. The van der Waals surface area contributed by atoms with Gasteiger partial charge in [-0.05, 0) is 19.9 Å². The van der Waals surface area contributed by atoms with Crippen LogP contribution in [0.1, 0.15) is 25.6 Å². The predicted octanol–water partition coefficient (Wildman–Crippen LogP) is 0.211. The molecular formula is C11H20N4O2. The van der Waals surface area contributed by atoms with Gasteiger partial charge >= 0.3 is 0 Å². The Morgan fingerprint density at radius 2 is 2.35 bits per heavy atom. The summed E-state index contributed by atoms with van der Waals surface area (Å²) >= 11 is 0. The molecule has 0 bridgehead atoms. The third-order valence-corrected chi connectivity index (χ3v) is 2.49.